The molecule has 1 aliphatic rings. The zero-order valence-corrected chi connectivity index (χ0v) is 14.3. The van der Waals surface area contributed by atoms with E-state index in [1.54, 1.807) is 17.5 Å². The molecule has 1 saturated carbocycles. The van der Waals surface area contributed by atoms with Gasteiger partial charge in [0, 0.05) is 17.0 Å². The van der Waals surface area contributed by atoms with Crippen LogP contribution in [0.1, 0.15) is 59.4 Å². The summed E-state index contributed by atoms with van der Waals surface area (Å²) in [4.78, 5) is 28.7. The molecule has 126 valence electrons. The van der Waals surface area contributed by atoms with Crippen LogP contribution in [0.15, 0.2) is 35.7 Å². The third kappa shape index (κ3) is 4.41. The Morgan fingerprint density at radius 3 is 2.42 bits per heavy atom. The molecule has 2 aromatic rings. The van der Waals surface area contributed by atoms with Gasteiger partial charge in [-0.2, -0.15) is 0 Å². The molecule has 1 aromatic heterocycles. The minimum atomic E-state index is -0.222. The predicted molar refractivity (Wildman–Crippen MR) is 95.5 cm³/mol. The van der Waals surface area contributed by atoms with Crippen LogP contribution in [0.5, 0.6) is 0 Å². The van der Waals surface area contributed by atoms with Crippen molar-refractivity contribution in [3.63, 3.8) is 0 Å². The zero-order chi connectivity index (χ0) is 16.8. The lowest BCUT2D eigenvalue weighted by Crippen LogP contribution is -2.34. The largest absolute Gasteiger partial charge is 0.348 e. The van der Waals surface area contributed by atoms with Crippen molar-refractivity contribution in [3.05, 3.63) is 47.0 Å². The van der Waals surface area contributed by atoms with Gasteiger partial charge in [0.15, 0.2) is 5.13 Å². The Morgan fingerprint density at radius 1 is 1.00 bits per heavy atom. The normalized spacial score (nSPS) is 15.5. The Balaban J connectivity index is 1.58. The molecule has 0 bridgehead atoms. The molecule has 2 amide bonds. The van der Waals surface area contributed by atoms with Gasteiger partial charge >= 0.3 is 0 Å². The van der Waals surface area contributed by atoms with Crippen LogP contribution < -0.4 is 10.6 Å². The maximum Gasteiger partial charge on any atom is 0.271 e. The van der Waals surface area contributed by atoms with Crippen LogP contribution in [0.4, 0.5) is 5.13 Å². The second kappa shape index (κ2) is 8.06. The highest BCUT2D eigenvalue weighted by Gasteiger charge is 2.18. The van der Waals surface area contributed by atoms with Crippen LogP contribution in [0, 0.1) is 0 Å². The molecular formula is C18H21N3O2S. The highest BCUT2D eigenvalue weighted by Crippen LogP contribution is 2.19. The Bertz CT molecular complexity index is 691. The highest BCUT2D eigenvalue weighted by molar-refractivity contribution is 7.14. The average Bonchev–Trinajstić information content (AvgIpc) is 2.92. The van der Waals surface area contributed by atoms with E-state index in [0.29, 0.717) is 16.4 Å². The predicted octanol–water partition coefficient (Wildman–Crippen LogP) is 3.85. The number of hydrogen-bond acceptors (Lipinski definition) is 4. The average molecular weight is 343 g/mol. The van der Waals surface area contributed by atoms with Crippen molar-refractivity contribution in [2.75, 3.05) is 5.32 Å². The molecule has 0 aliphatic heterocycles. The zero-order valence-electron chi connectivity index (χ0n) is 13.5. The first-order valence-electron chi connectivity index (χ1n) is 8.35. The molecular weight excluding hydrogens is 322 g/mol. The third-order valence-corrected chi connectivity index (χ3v) is 4.94. The number of nitrogens with zero attached hydrogens (tertiary/aromatic N) is 1. The van der Waals surface area contributed by atoms with Crippen molar-refractivity contribution in [1.29, 1.82) is 0 Å². The Hall–Kier alpha value is -2.21. The summed E-state index contributed by atoms with van der Waals surface area (Å²) in [6.07, 6.45) is 6.90. The van der Waals surface area contributed by atoms with Crippen molar-refractivity contribution < 1.29 is 9.59 Å². The fourth-order valence-corrected chi connectivity index (χ4v) is 3.56. The lowest BCUT2D eigenvalue weighted by molar-refractivity contribution is 0.0927. The van der Waals surface area contributed by atoms with E-state index in [0.717, 1.165) is 12.8 Å². The first-order valence-corrected chi connectivity index (χ1v) is 9.23. The fraction of sp³-hybridized carbons (Fsp3) is 0.389. The van der Waals surface area contributed by atoms with E-state index in [9.17, 15) is 9.59 Å². The summed E-state index contributed by atoms with van der Waals surface area (Å²) in [5.41, 5.74) is 0.935. The van der Waals surface area contributed by atoms with Gasteiger partial charge in [0.25, 0.3) is 11.8 Å². The molecule has 1 aromatic carbocycles. The molecule has 1 heterocycles. The van der Waals surface area contributed by atoms with E-state index in [-0.39, 0.29) is 17.9 Å². The molecule has 0 unspecified atom stereocenters. The first kappa shape index (κ1) is 16.6. The summed E-state index contributed by atoms with van der Waals surface area (Å²) in [6.45, 7) is 0. The second-order valence-electron chi connectivity index (χ2n) is 6.02. The van der Waals surface area contributed by atoms with E-state index >= 15 is 0 Å². The van der Waals surface area contributed by atoms with E-state index in [1.165, 1.54) is 37.0 Å². The lowest BCUT2D eigenvalue weighted by Gasteiger charge is -2.15. The molecule has 24 heavy (non-hydrogen) atoms. The molecule has 0 radical (unpaired) electrons. The number of hydrogen-bond donors (Lipinski definition) is 2. The van der Waals surface area contributed by atoms with Gasteiger partial charge in [-0.05, 0) is 25.0 Å². The van der Waals surface area contributed by atoms with Crippen molar-refractivity contribution in [1.82, 2.24) is 10.3 Å². The van der Waals surface area contributed by atoms with Crippen molar-refractivity contribution >= 4 is 28.3 Å². The number of nitrogens with one attached hydrogen (secondary N) is 2. The van der Waals surface area contributed by atoms with Crippen LogP contribution in [0.3, 0.4) is 0 Å². The lowest BCUT2D eigenvalue weighted by atomic mass is 10.1. The first-order chi connectivity index (χ1) is 11.7. The number of amides is 2. The number of anilines is 1. The third-order valence-electron chi connectivity index (χ3n) is 4.18. The number of rotatable bonds is 4. The SMILES string of the molecule is O=C(Nc1nc(C(=O)NC2CCCCCC2)cs1)c1ccccc1. The van der Waals surface area contributed by atoms with Gasteiger partial charge < -0.3 is 5.32 Å². The summed E-state index contributed by atoms with van der Waals surface area (Å²) in [7, 11) is 0. The number of benzene rings is 1. The van der Waals surface area contributed by atoms with Crippen molar-refractivity contribution in [2.24, 2.45) is 0 Å². The molecule has 6 heteroatoms. The fourth-order valence-electron chi connectivity index (χ4n) is 2.88. The Kier molecular flexibility index (Phi) is 5.59. The van der Waals surface area contributed by atoms with E-state index in [4.69, 9.17) is 0 Å². The number of carbonyl (C=O) groups excluding carboxylic acids is 2. The van der Waals surface area contributed by atoms with Crippen LogP contribution in [0.25, 0.3) is 0 Å². The van der Waals surface area contributed by atoms with E-state index < -0.39 is 0 Å². The molecule has 0 spiro atoms. The van der Waals surface area contributed by atoms with E-state index in [1.807, 2.05) is 18.2 Å². The number of aromatic nitrogens is 1. The number of thiazole rings is 1. The summed E-state index contributed by atoms with van der Waals surface area (Å²) in [5, 5.41) is 7.93. The summed E-state index contributed by atoms with van der Waals surface area (Å²) < 4.78 is 0. The van der Waals surface area contributed by atoms with Gasteiger partial charge in [-0.25, -0.2) is 4.98 Å². The van der Waals surface area contributed by atoms with Crippen LogP contribution >= 0.6 is 11.3 Å². The van der Waals surface area contributed by atoms with E-state index in [2.05, 4.69) is 15.6 Å². The highest BCUT2D eigenvalue weighted by atomic mass is 32.1. The Labute approximate surface area is 145 Å². The topological polar surface area (TPSA) is 71.1 Å². The molecule has 1 fully saturated rings. The van der Waals surface area contributed by atoms with Gasteiger partial charge in [-0.3, -0.25) is 14.9 Å². The van der Waals surface area contributed by atoms with Crippen molar-refractivity contribution in [3.8, 4) is 0 Å². The molecule has 1 aliphatic carbocycles. The van der Waals surface area contributed by atoms with Crippen LogP contribution in [-0.4, -0.2) is 22.8 Å². The van der Waals surface area contributed by atoms with Gasteiger partial charge in [0.2, 0.25) is 0 Å². The Morgan fingerprint density at radius 2 is 1.71 bits per heavy atom. The van der Waals surface area contributed by atoms with Gasteiger partial charge in [0.1, 0.15) is 5.69 Å². The molecule has 0 atom stereocenters. The summed E-state index contributed by atoms with van der Waals surface area (Å²) >= 11 is 1.26. The molecule has 3 rings (SSSR count). The van der Waals surface area contributed by atoms with Gasteiger partial charge in [0.05, 0.1) is 0 Å². The van der Waals surface area contributed by atoms with Gasteiger partial charge in [-0.1, -0.05) is 43.9 Å². The smallest absolute Gasteiger partial charge is 0.271 e. The minimum absolute atomic E-state index is 0.154. The van der Waals surface area contributed by atoms with Crippen LogP contribution in [0.2, 0.25) is 0 Å². The number of carbonyl (C=O) groups is 2. The monoisotopic (exact) mass is 343 g/mol. The van der Waals surface area contributed by atoms with Crippen molar-refractivity contribution in [2.45, 2.75) is 44.6 Å². The standard InChI is InChI=1S/C18H21N3O2S/c22-16(13-8-4-3-5-9-13)21-18-20-15(12-24-18)17(23)19-14-10-6-1-2-7-11-14/h3-5,8-9,12,14H,1-2,6-7,10-11H2,(H,19,23)(H,20,21,22). The minimum Gasteiger partial charge on any atom is -0.348 e. The summed E-state index contributed by atoms with van der Waals surface area (Å²) in [6, 6.07) is 9.19. The van der Waals surface area contributed by atoms with Crippen LogP contribution in [-0.2, 0) is 0 Å². The molecule has 0 saturated heterocycles. The maximum atomic E-state index is 12.3. The summed E-state index contributed by atoms with van der Waals surface area (Å²) in [5.74, 6) is -0.376. The quantitative estimate of drug-likeness (QED) is 0.828. The van der Waals surface area contributed by atoms with Gasteiger partial charge in [-0.15, -0.1) is 11.3 Å². The molecule has 2 N–H and O–H groups in total. The second-order valence-corrected chi connectivity index (χ2v) is 6.88. The molecule has 5 nitrogen and oxygen atoms in total. The maximum absolute atomic E-state index is 12.3.